The normalized spacial score (nSPS) is 10.4. The van der Waals surface area contributed by atoms with Crippen LogP contribution in [0.5, 0.6) is 11.5 Å². The summed E-state index contributed by atoms with van der Waals surface area (Å²) in [6.45, 7) is 3.93. The van der Waals surface area contributed by atoms with Gasteiger partial charge in [-0.15, -0.1) is 0 Å². The van der Waals surface area contributed by atoms with E-state index in [0.29, 0.717) is 22.7 Å². The molecule has 0 radical (unpaired) electrons. The van der Waals surface area contributed by atoms with Crippen LogP contribution in [0.25, 0.3) is 0 Å². The van der Waals surface area contributed by atoms with E-state index in [2.05, 4.69) is 5.32 Å². The van der Waals surface area contributed by atoms with Crippen molar-refractivity contribution < 1.29 is 19.1 Å². The number of carbonyl (C=O) groups is 2. The third-order valence-electron chi connectivity index (χ3n) is 4.00. The lowest BCUT2D eigenvalue weighted by atomic mass is 10.0. The molecule has 5 heteroatoms. The molecule has 2 rings (SSSR count). The Balaban J connectivity index is 2.03. The summed E-state index contributed by atoms with van der Waals surface area (Å²) in [5.41, 5.74) is 1.06. The Hall–Kier alpha value is -2.82. The van der Waals surface area contributed by atoms with Gasteiger partial charge in [0.05, 0.1) is 18.6 Å². The Bertz CT molecular complexity index is 721. The number of amides is 1. The first-order valence-electron chi connectivity index (χ1n) is 8.35. The van der Waals surface area contributed by atoms with Crippen LogP contribution in [0, 0.1) is 5.92 Å². The number of ether oxygens (including phenoxy) is 2. The van der Waals surface area contributed by atoms with E-state index >= 15 is 0 Å². The Morgan fingerprint density at radius 2 is 1.64 bits per heavy atom. The number of benzene rings is 2. The topological polar surface area (TPSA) is 64.6 Å². The van der Waals surface area contributed by atoms with Gasteiger partial charge in [-0.25, -0.2) is 0 Å². The van der Waals surface area contributed by atoms with Crippen LogP contribution >= 0.6 is 0 Å². The second-order valence-electron chi connectivity index (χ2n) is 5.61. The maximum Gasteiger partial charge on any atom is 0.314 e. The summed E-state index contributed by atoms with van der Waals surface area (Å²) in [5, 5.41) is 2.80. The minimum absolute atomic E-state index is 0.0927. The molecule has 0 spiro atoms. The molecule has 1 N–H and O–H groups in total. The van der Waals surface area contributed by atoms with Gasteiger partial charge in [0.1, 0.15) is 11.5 Å². The first-order valence-corrected chi connectivity index (χ1v) is 8.35. The molecule has 0 atom stereocenters. The summed E-state index contributed by atoms with van der Waals surface area (Å²) < 4.78 is 10.6. The van der Waals surface area contributed by atoms with E-state index in [-0.39, 0.29) is 17.8 Å². The zero-order valence-corrected chi connectivity index (χ0v) is 14.7. The second kappa shape index (κ2) is 8.87. The van der Waals surface area contributed by atoms with Gasteiger partial charge in [0.25, 0.3) is 5.91 Å². The molecule has 0 aliphatic carbocycles. The highest BCUT2D eigenvalue weighted by Crippen LogP contribution is 2.21. The highest BCUT2D eigenvalue weighted by Gasteiger charge is 2.16. The number of esters is 1. The minimum atomic E-state index is -0.265. The largest absolute Gasteiger partial charge is 0.496 e. The van der Waals surface area contributed by atoms with Crippen LogP contribution in [0.15, 0.2) is 48.5 Å². The third-order valence-corrected chi connectivity index (χ3v) is 4.00. The molecule has 0 bridgehead atoms. The van der Waals surface area contributed by atoms with Crippen molar-refractivity contribution >= 4 is 17.6 Å². The smallest absolute Gasteiger partial charge is 0.314 e. The number of carbonyl (C=O) groups excluding carboxylic acids is 2. The number of methoxy groups -OCH3 is 1. The maximum absolute atomic E-state index is 12.3. The quantitative estimate of drug-likeness (QED) is 0.603. The van der Waals surface area contributed by atoms with Crippen LogP contribution in [-0.2, 0) is 4.79 Å². The van der Waals surface area contributed by atoms with Gasteiger partial charge in [-0.3, -0.25) is 9.59 Å². The number of hydrogen-bond acceptors (Lipinski definition) is 4. The predicted octanol–water partition coefficient (Wildman–Crippen LogP) is 4.29. The molecular formula is C20H23NO4. The maximum atomic E-state index is 12.3. The fourth-order valence-electron chi connectivity index (χ4n) is 2.46. The van der Waals surface area contributed by atoms with E-state index in [0.717, 1.165) is 12.8 Å². The molecule has 0 saturated heterocycles. The minimum Gasteiger partial charge on any atom is -0.496 e. The molecule has 0 aliphatic rings. The molecule has 0 unspecified atom stereocenters. The molecule has 132 valence electrons. The van der Waals surface area contributed by atoms with Crippen molar-refractivity contribution in [3.05, 3.63) is 54.1 Å². The average Bonchev–Trinajstić information content (AvgIpc) is 2.64. The van der Waals surface area contributed by atoms with E-state index in [1.165, 1.54) is 7.11 Å². The molecule has 0 fully saturated rings. The first-order chi connectivity index (χ1) is 12.1. The van der Waals surface area contributed by atoms with E-state index < -0.39 is 0 Å². The summed E-state index contributed by atoms with van der Waals surface area (Å²) in [7, 11) is 1.52. The van der Waals surface area contributed by atoms with Gasteiger partial charge in [0.2, 0.25) is 0 Å². The molecule has 5 nitrogen and oxygen atoms in total. The zero-order chi connectivity index (χ0) is 18.2. The van der Waals surface area contributed by atoms with Crippen molar-refractivity contribution in [2.45, 2.75) is 26.7 Å². The summed E-state index contributed by atoms with van der Waals surface area (Å²) in [5.74, 6) is 0.392. The van der Waals surface area contributed by atoms with Gasteiger partial charge >= 0.3 is 5.97 Å². The van der Waals surface area contributed by atoms with E-state index in [4.69, 9.17) is 9.47 Å². The van der Waals surface area contributed by atoms with Crippen LogP contribution < -0.4 is 14.8 Å². The Labute approximate surface area is 148 Å². The first kappa shape index (κ1) is 18.5. The molecule has 25 heavy (non-hydrogen) atoms. The summed E-state index contributed by atoms with van der Waals surface area (Å²) in [6, 6.07) is 13.7. The van der Waals surface area contributed by atoms with Crippen LogP contribution in [0.2, 0.25) is 0 Å². The van der Waals surface area contributed by atoms with Crippen molar-refractivity contribution in [1.82, 2.24) is 0 Å². The van der Waals surface area contributed by atoms with Gasteiger partial charge in [0, 0.05) is 5.69 Å². The van der Waals surface area contributed by atoms with Crippen LogP contribution in [0.1, 0.15) is 37.0 Å². The van der Waals surface area contributed by atoms with Gasteiger partial charge in [-0.05, 0) is 49.2 Å². The molecule has 1 amide bonds. The molecule has 2 aromatic rings. The molecule has 0 aromatic heterocycles. The predicted molar refractivity (Wildman–Crippen MR) is 97.1 cm³/mol. The molecule has 0 aliphatic heterocycles. The van der Waals surface area contributed by atoms with Crippen molar-refractivity contribution in [2.24, 2.45) is 5.92 Å². The zero-order valence-electron chi connectivity index (χ0n) is 14.7. The second-order valence-corrected chi connectivity index (χ2v) is 5.61. The highest BCUT2D eigenvalue weighted by atomic mass is 16.5. The van der Waals surface area contributed by atoms with Crippen LogP contribution in [0.4, 0.5) is 5.69 Å². The van der Waals surface area contributed by atoms with Crippen LogP contribution in [-0.4, -0.2) is 19.0 Å². The third kappa shape index (κ3) is 4.83. The standard InChI is InChI=1S/C20H23NO4/c1-4-14(5-2)20(23)25-16-12-10-15(11-13-16)21-19(22)17-8-6-7-9-18(17)24-3/h6-14H,4-5H2,1-3H3,(H,21,22). The average molecular weight is 341 g/mol. The van der Waals surface area contributed by atoms with E-state index in [1.54, 1.807) is 48.5 Å². The Morgan fingerprint density at radius 1 is 1.00 bits per heavy atom. The van der Waals surface area contributed by atoms with Crippen LogP contribution in [0.3, 0.4) is 0 Å². The van der Waals surface area contributed by atoms with Gasteiger partial charge in [-0.2, -0.15) is 0 Å². The molecular weight excluding hydrogens is 318 g/mol. The van der Waals surface area contributed by atoms with Gasteiger partial charge < -0.3 is 14.8 Å². The molecule has 0 saturated carbocycles. The van der Waals surface area contributed by atoms with Gasteiger partial charge in [0.15, 0.2) is 0 Å². The molecule has 2 aromatic carbocycles. The van der Waals surface area contributed by atoms with Crippen molar-refractivity contribution in [1.29, 1.82) is 0 Å². The number of rotatable bonds is 7. The van der Waals surface area contributed by atoms with Crippen molar-refractivity contribution in [3.63, 3.8) is 0 Å². The Morgan fingerprint density at radius 3 is 2.24 bits per heavy atom. The fourth-order valence-corrected chi connectivity index (χ4v) is 2.46. The van der Waals surface area contributed by atoms with E-state index in [9.17, 15) is 9.59 Å². The SMILES string of the molecule is CCC(CC)C(=O)Oc1ccc(NC(=O)c2ccccc2OC)cc1. The van der Waals surface area contributed by atoms with Gasteiger partial charge in [-0.1, -0.05) is 26.0 Å². The number of hydrogen-bond donors (Lipinski definition) is 1. The number of para-hydroxylation sites is 1. The van der Waals surface area contributed by atoms with Crippen molar-refractivity contribution in [3.8, 4) is 11.5 Å². The number of nitrogens with one attached hydrogen (secondary N) is 1. The fraction of sp³-hybridized carbons (Fsp3) is 0.300. The lowest BCUT2D eigenvalue weighted by molar-refractivity contribution is -0.139. The Kier molecular flexibility index (Phi) is 6.57. The summed E-state index contributed by atoms with van der Waals surface area (Å²) >= 11 is 0. The summed E-state index contributed by atoms with van der Waals surface area (Å²) in [6.07, 6.45) is 1.50. The molecule has 0 heterocycles. The van der Waals surface area contributed by atoms with Crippen molar-refractivity contribution in [2.75, 3.05) is 12.4 Å². The monoisotopic (exact) mass is 341 g/mol. The number of anilines is 1. The summed E-state index contributed by atoms with van der Waals surface area (Å²) in [4.78, 5) is 24.3. The lowest BCUT2D eigenvalue weighted by Crippen LogP contribution is -2.19. The highest BCUT2D eigenvalue weighted by molar-refractivity contribution is 6.06. The van der Waals surface area contributed by atoms with E-state index in [1.807, 2.05) is 13.8 Å². The lowest BCUT2D eigenvalue weighted by Gasteiger charge is -2.12.